The summed E-state index contributed by atoms with van der Waals surface area (Å²) in [6.45, 7) is 0.0744. The summed E-state index contributed by atoms with van der Waals surface area (Å²) >= 11 is 0. The summed E-state index contributed by atoms with van der Waals surface area (Å²) in [4.78, 5) is 0. The predicted octanol–water partition coefficient (Wildman–Crippen LogP) is -1.22. The maximum Gasteiger partial charge on any atom is 0.228 e. The number of β-amino-alcohol motifs (C(OH)–C–C–N with tert-alkyl or cyclic N) is 1. The van der Waals surface area contributed by atoms with Crippen LogP contribution in [0.2, 0.25) is 0 Å². The molecule has 16 heavy (non-hydrogen) atoms. The second-order valence-electron chi connectivity index (χ2n) is 4.80. The molecule has 1 N–H and O–H groups in total. The Labute approximate surface area is 95.2 Å². The summed E-state index contributed by atoms with van der Waals surface area (Å²) < 4.78 is 46.1. The van der Waals surface area contributed by atoms with Gasteiger partial charge in [0.05, 0.1) is 5.60 Å². The highest BCUT2D eigenvalue weighted by Crippen LogP contribution is 2.45. The van der Waals surface area contributed by atoms with E-state index in [1.807, 2.05) is 0 Å². The van der Waals surface area contributed by atoms with Gasteiger partial charge in [0.2, 0.25) is 10.0 Å². The molecular formula is C8H15NO5S2. The van der Waals surface area contributed by atoms with Crippen LogP contribution in [0.25, 0.3) is 0 Å². The Balaban J connectivity index is 2.01. The Kier molecular flexibility index (Phi) is 2.62. The molecule has 0 bridgehead atoms. The van der Waals surface area contributed by atoms with Crippen LogP contribution < -0.4 is 0 Å². The fraction of sp³-hybridized carbons (Fsp3) is 1.00. The molecule has 0 aromatic rings. The van der Waals surface area contributed by atoms with E-state index in [1.165, 1.54) is 0 Å². The predicted molar refractivity (Wildman–Crippen MR) is 57.9 cm³/mol. The number of sulfonamides is 1. The Hall–Kier alpha value is -0.180. The van der Waals surface area contributed by atoms with Gasteiger partial charge in [-0.2, -0.15) is 4.31 Å². The van der Waals surface area contributed by atoms with Crippen LogP contribution in [-0.4, -0.2) is 56.3 Å². The van der Waals surface area contributed by atoms with Gasteiger partial charge in [0.25, 0.3) is 0 Å². The largest absolute Gasteiger partial charge is 0.387 e. The maximum atomic E-state index is 11.6. The zero-order chi connectivity index (χ0) is 12.2. The molecule has 2 rings (SSSR count). The van der Waals surface area contributed by atoms with Crippen molar-refractivity contribution in [1.29, 1.82) is 0 Å². The molecule has 0 amide bonds. The average Bonchev–Trinajstić information content (AvgIpc) is 2.74. The molecule has 8 heteroatoms. The van der Waals surface area contributed by atoms with E-state index in [4.69, 9.17) is 0 Å². The molecule has 6 nitrogen and oxygen atoms in total. The van der Waals surface area contributed by atoms with E-state index in [0.29, 0.717) is 0 Å². The molecular weight excluding hydrogens is 254 g/mol. The molecule has 1 saturated heterocycles. The van der Waals surface area contributed by atoms with Crippen LogP contribution in [0.15, 0.2) is 0 Å². The molecule has 0 radical (unpaired) electrons. The van der Waals surface area contributed by atoms with Crippen molar-refractivity contribution in [2.75, 3.05) is 24.4 Å². The maximum absolute atomic E-state index is 11.6. The van der Waals surface area contributed by atoms with Crippen LogP contribution in [0.3, 0.4) is 0 Å². The highest BCUT2D eigenvalue weighted by Gasteiger charge is 2.55. The number of hydrogen-bond acceptors (Lipinski definition) is 5. The molecule has 0 spiro atoms. The molecule has 0 unspecified atom stereocenters. The zero-order valence-electron chi connectivity index (χ0n) is 8.96. The van der Waals surface area contributed by atoms with Crippen molar-refractivity contribution >= 4 is 19.9 Å². The van der Waals surface area contributed by atoms with Gasteiger partial charge in [-0.15, -0.1) is 0 Å². The first-order valence-corrected chi connectivity index (χ1v) is 8.67. The van der Waals surface area contributed by atoms with E-state index in [2.05, 4.69) is 0 Å². The van der Waals surface area contributed by atoms with Crippen molar-refractivity contribution in [3.8, 4) is 0 Å². The van der Waals surface area contributed by atoms with E-state index >= 15 is 0 Å². The summed E-state index contributed by atoms with van der Waals surface area (Å²) in [5, 5.41) is 9.05. The number of rotatable bonds is 4. The van der Waals surface area contributed by atoms with Crippen molar-refractivity contribution in [2.24, 2.45) is 5.92 Å². The third-order valence-electron chi connectivity index (χ3n) is 2.99. The number of nitrogens with zero attached hydrogens (tertiary/aromatic N) is 1. The molecule has 94 valence electrons. The number of hydrogen-bond donors (Lipinski definition) is 1. The van der Waals surface area contributed by atoms with Gasteiger partial charge in [-0.25, -0.2) is 16.8 Å². The van der Waals surface area contributed by atoms with E-state index in [1.54, 1.807) is 0 Å². The lowest BCUT2D eigenvalue weighted by Gasteiger charge is -2.45. The van der Waals surface area contributed by atoms with Gasteiger partial charge in [0, 0.05) is 19.3 Å². The lowest BCUT2D eigenvalue weighted by atomic mass is 9.91. The first-order valence-electron chi connectivity index (χ1n) is 5.00. The summed E-state index contributed by atoms with van der Waals surface area (Å²) in [6, 6.07) is 0. The lowest BCUT2D eigenvalue weighted by molar-refractivity contribution is -0.0763. The van der Waals surface area contributed by atoms with Gasteiger partial charge >= 0.3 is 0 Å². The Bertz CT molecular complexity index is 485. The minimum atomic E-state index is -3.77. The monoisotopic (exact) mass is 269 g/mol. The fourth-order valence-corrected chi connectivity index (χ4v) is 5.59. The van der Waals surface area contributed by atoms with Gasteiger partial charge in [-0.1, -0.05) is 0 Å². The topological polar surface area (TPSA) is 91.8 Å². The van der Waals surface area contributed by atoms with Gasteiger partial charge in [-0.3, -0.25) is 0 Å². The van der Waals surface area contributed by atoms with Crippen molar-refractivity contribution in [1.82, 2.24) is 4.31 Å². The minimum Gasteiger partial charge on any atom is -0.387 e. The third kappa shape index (κ3) is 2.39. The van der Waals surface area contributed by atoms with Crippen LogP contribution in [0.1, 0.15) is 12.8 Å². The minimum absolute atomic E-state index is 0.0372. The molecule has 1 aliphatic carbocycles. The van der Waals surface area contributed by atoms with Crippen molar-refractivity contribution in [2.45, 2.75) is 18.4 Å². The highest BCUT2D eigenvalue weighted by atomic mass is 32.3. The quantitative estimate of drug-likeness (QED) is 0.690. The molecule has 2 fully saturated rings. The first kappa shape index (κ1) is 12.3. The van der Waals surface area contributed by atoms with Gasteiger partial charge in [0.1, 0.15) is 0 Å². The molecule has 0 atom stereocenters. The molecule has 1 aliphatic heterocycles. The smallest absolute Gasteiger partial charge is 0.228 e. The Morgan fingerprint density at radius 2 is 1.75 bits per heavy atom. The fourth-order valence-electron chi connectivity index (χ4n) is 1.99. The SMILES string of the molecule is CS(=O)(=O)CS(=O)(=O)N1CC(O)(C2CC2)C1. The molecule has 0 aromatic carbocycles. The first-order chi connectivity index (χ1) is 7.12. The van der Waals surface area contributed by atoms with Crippen LogP contribution in [0, 0.1) is 5.92 Å². The van der Waals surface area contributed by atoms with E-state index < -0.39 is 30.5 Å². The van der Waals surface area contributed by atoms with E-state index in [9.17, 15) is 21.9 Å². The molecule has 1 saturated carbocycles. The van der Waals surface area contributed by atoms with Gasteiger partial charge in [-0.05, 0) is 18.8 Å². The average molecular weight is 269 g/mol. The zero-order valence-corrected chi connectivity index (χ0v) is 10.6. The molecule has 2 aliphatic rings. The van der Waals surface area contributed by atoms with Crippen LogP contribution in [0.4, 0.5) is 0 Å². The summed E-state index contributed by atoms with van der Waals surface area (Å²) in [5.74, 6) is 0.192. The summed E-state index contributed by atoms with van der Waals surface area (Å²) in [7, 11) is -7.33. The second-order valence-corrected chi connectivity index (χ2v) is 9.28. The van der Waals surface area contributed by atoms with Gasteiger partial charge < -0.3 is 5.11 Å². The second kappa shape index (κ2) is 3.41. The number of sulfone groups is 1. The molecule has 0 aromatic heterocycles. The normalized spacial score (nSPS) is 26.4. The van der Waals surface area contributed by atoms with Crippen LogP contribution in [0.5, 0.6) is 0 Å². The van der Waals surface area contributed by atoms with Crippen molar-refractivity contribution < 1.29 is 21.9 Å². The van der Waals surface area contributed by atoms with Gasteiger partial charge in [0.15, 0.2) is 14.9 Å². The van der Waals surface area contributed by atoms with Crippen LogP contribution in [-0.2, 0) is 19.9 Å². The third-order valence-corrected chi connectivity index (χ3v) is 6.94. The van der Waals surface area contributed by atoms with Crippen LogP contribution >= 0.6 is 0 Å². The standard InChI is InChI=1S/C8H15NO5S2/c1-15(11,12)6-16(13,14)9-4-8(10,5-9)7-2-3-7/h7,10H,2-6H2,1H3. The summed E-state index contributed by atoms with van der Waals surface area (Å²) in [5.41, 5.74) is -0.912. The Morgan fingerprint density at radius 1 is 1.25 bits per heavy atom. The lowest BCUT2D eigenvalue weighted by Crippen LogP contribution is -2.65. The van der Waals surface area contributed by atoms with Crippen molar-refractivity contribution in [3.63, 3.8) is 0 Å². The Morgan fingerprint density at radius 3 is 2.12 bits per heavy atom. The van der Waals surface area contributed by atoms with Crippen molar-refractivity contribution in [3.05, 3.63) is 0 Å². The summed E-state index contributed by atoms with van der Waals surface area (Å²) in [6.07, 6.45) is 2.74. The van der Waals surface area contributed by atoms with E-state index in [-0.39, 0.29) is 19.0 Å². The number of aliphatic hydroxyl groups is 1. The van der Waals surface area contributed by atoms with E-state index in [0.717, 1.165) is 23.4 Å². The highest BCUT2D eigenvalue weighted by molar-refractivity contribution is 8.06. The molecule has 1 heterocycles.